The van der Waals surface area contributed by atoms with Crippen LogP contribution >= 0.6 is 12.4 Å². The molecule has 5 heteroatoms. The molecular formula is C10H21ClN2O2. The molecule has 1 N–H and O–H groups in total. The van der Waals surface area contributed by atoms with E-state index in [9.17, 15) is 4.79 Å². The van der Waals surface area contributed by atoms with Crippen molar-refractivity contribution in [3.8, 4) is 0 Å². The maximum Gasteiger partial charge on any atom is 0.224 e. The van der Waals surface area contributed by atoms with Crippen molar-refractivity contribution >= 4 is 18.3 Å². The second-order valence-corrected chi connectivity index (χ2v) is 3.80. The Morgan fingerprint density at radius 2 is 2.00 bits per heavy atom. The second-order valence-electron chi connectivity index (χ2n) is 3.80. The third-order valence-corrected chi connectivity index (χ3v) is 2.24. The van der Waals surface area contributed by atoms with E-state index < -0.39 is 0 Å². The van der Waals surface area contributed by atoms with Crippen molar-refractivity contribution in [2.75, 3.05) is 32.8 Å². The van der Waals surface area contributed by atoms with Crippen LogP contribution in [-0.4, -0.2) is 49.7 Å². The SMILES string of the molecule is CC(C)OCCC(=O)N1CCNCC1.Cl. The molecule has 0 aliphatic carbocycles. The van der Waals surface area contributed by atoms with Crippen molar-refractivity contribution in [3.63, 3.8) is 0 Å². The maximum atomic E-state index is 11.6. The lowest BCUT2D eigenvalue weighted by Gasteiger charge is -2.27. The molecule has 0 aromatic heterocycles. The van der Waals surface area contributed by atoms with Crippen LogP contribution in [0.1, 0.15) is 20.3 Å². The molecule has 0 unspecified atom stereocenters. The molecule has 4 nitrogen and oxygen atoms in total. The molecule has 1 saturated heterocycles. The number of rotatable bonds is 4. The van der Waals surface area contributed by atoms with E-state index >= 15 is 0 Å². The number of amides is 1. The zero-order chi connectivity index (χ0) is 10.4. The van der Waals surface area contributed by atoms with Crippen LogP contribution in [0.5, 0.6) is 0 Å². The number of hydrogen-bond acceptors (Lipinski definition) is 3. The summed E-state index contributed by atoms with van der Waals surface area (Å²) in [5, 5.41) is 3.22. The number of nitrogens with one attached hydrogen (secondary N) is 1. The minimum Gasteiger partial charge on any atom is -0.378 e. The van der Waals surface area contributed by atoms with Gasteiger partial charge in [0.15, 0.2) is 0 Å². The molecule has 1 aliphatic heterocycles. The Labute approximate surface area is 97.8 Å². The largest absolute Gasteiger partial charge is 0.378 e. The molecule has 0 aromatic rings. The van der Waals surface area contributed by atoms with Crippen molar-refractivity contribution in [3.05, 3.63) is 0 Å². The van der Waals surface area contributed by atoms with E-state index in [4.69, 9.17) is 4.74 Å². The molecule has 0 aromatic carbocycles. The van der Waals surface area contributed by atoms with Crippen molar-refractivity contribution < 1.29 is 9.53 Å². The normalized spacial score (nSPS) is 16.3. The van der Waals surface area contributed by atoms with Crippen LogP contribution in [-0.2, 0) is 9.53 Å². The molecular weight excluding hydrogens is 216 g/mol. The lowest BCUT2D eigenvalue weighted by Crippen LogP contribution is -2.46. The molecule has 0 atom stereocenters. The van der Waals surface area contributed by atoms with Crippen LogP contribution in [0.25, 0.3) is 0 Å². The summed E-state index contributed by atoms with van der Waals surface area (Å²) in [7, 11) is 0. The van der Waals surface area contributed by atoms with Crippen LogP contribution in [0, 0.1) is 0 Å². The molecule has 15 heavy (non-hydrogen) atoms. The van der Waals surface area contributed by atoms with Gasteiger partial charge in [-0.25, -0.2) is 0 Å². The highest BCUT2D eigenvalue weighted by molar-refractivity contribution is 5.85. The molecule has 1 aliphatic rings. The van der Waals surface area contributed by atoms with Gasteiger partial charge in [0.05, 0.1) is 19.1 Å². The lowest BCUT2D eigenvalue weighted by atomic mass is 10.3. The first-order chi connectivity index (χ1) is 6.70. The van der Waals surface area contributed by atoms with E-state index in [1.165, 1.54) is 0 Å². The minimum atomic E-state index is 0. The summed E-state index contributed by atoms with van der Waals surface area (Å²) in [6.07, 6.45) is 0.726. The Balaban J connectivity index is 0.00000196. The molecule has 1 amide bonds. The summed E-state index contributed by atoms with van der Waals surface area (Å²) in [5.74, 6) is 0.215. The highest BCUT2D eigenvalue weighted by atomic mass is 35.5. The van der Waals surface area contributed by atoms with Crippen LogP contribution in [0.3, 0.4) is 0 Å². The predicted octanol–water partition coefficient (Wildman–Crippen LogP) is 0.655. The maximum absolute atomic E-state index is 11.6. The molecule has 1 heterocycles. The Hall–Kier alpha value is -0.320. The zero-order valence-corrected chi connectivity index (χ0v) is 10.3. The highest BCUT2D eigenvalue weighted by Crippen LogP contribution is 1.98. The quantitative estimate of drug-likeness (QED) is 0.780. The third kappa shape index (κ3) is 5.97. The first kappa shape index (κ1) is 14.7. The Bertz CT molecular complexity index is 182. The number of halogens is 1. The molecule has 0 spiro atoms. The van der Waals surface area contributed by atoms with Gasteiger partial charge in [0.2, 0.25) is 5.91 Å². The molecule has 1 rings (SSSR count). The van der Waals surface area contributed by atoms with Crippen LogP contribution in [0.2, 0.25) is 0 Å². The molecule has 0 saturated carbocycles. The van der Waals surface area contributed by atoms with Crippen molar-refractivity contribution in [2.24, 2.45) is 0 Å². The van der Waals surface area contributed by atoms with Gasteiger partial charge in [-0.15, -0.1) is 12.4 Å². The summed E-state index contributed by atoms with van der Waals surface area (Å²) in [6, 6.07) is 0. The van der Waals surface area contributed by atoms with E-state index in [1.807, 2.05) is 18.7 Å². The van der Waals surface area contributed by atoms with E-state index in [0.29, 0.717) is 13.0 Å². The van der Waals surface area contributed by atoms with E-state index in [2.05, 4.69) is 5.32 Å². The fourth-order valence-corrected chi connectivity index (χ4v) is 1.45. The second kappa shape index (κ2) is 7.91. The van der Waals surface area contributed by atoms with Gasteiger partial charge >= 0.3 is 0 Å². The fourth-order valence-electron chi connectivity index (χ4n) is 1.45. The summed E-state index contributed by atoms with van der Waals surface area (Å²) in [6.45, 7) is 8.00. The van der Waals surface area contributed by atoms with Gasteiger partial charge in [-0.1, -0.05) is 0 Å². The first-order valence-electron chi connectivity index (χ1n) is 5.30. The summed E-state index contributed by atoms with van der Waals surface area (Å²) >= 11 is 0. The average molecular weight is 237 g/mol. The number of piperazine rings is 1. The van der Waals surface area contributed by atoms with Crippen LogP contribution in [0.15, 0.2) is 0 Å². The Kier molecular flexibility index (Phi) is 7.74. The van der Waals surface area contributed by atoms with E-state index in [-0.39, 0.29) is 24.4 Å². The highest BCUT2D eigenvalue weighted by Gasteiger charge is 2.15. The van der Waals surface area contributed by atoms with Gasteiger partial charge in [0, 0.05) is 26.2 Å². The summed E-state index contributed by atoms with van der Waals surface area (Å²) < 4.78 is 5.34. The van der Waals surface area contributed by atoms with E-state index in [0.717, 1.165) is 26.2 Å². The van der Waals surface area contributed by atoms with Crippen LogP contribution in [0.4, 0.5) is 0 Å². The summed E-state index contributed by atoms with van der Waals surface area (Å²) in [4.78, 5) is 13.5. The number of ether oxygens (including phenoxy) is 1. The zero-order valence-electron chi connectivity index (χ0n) is 9.49. The molecule has 0 radical (unpaired) electrons. The number of hydrogen-bond donors (Lipinski definition) is 1. The lowest BCUT2D eigenvalue weighted by molar-refractivity contribution is -0.133. The minimum absolute atomic E-state index is 0. The average Bonchev–Trinajstić information content (AvgIpc) is 2.18. The van der Waals surface area contributed by atoms with Crippen molar-refractivity contribution in [1.29, 1.82) is 0 Å². The van der Waals surface area contributed by atoms with Gasteiger partial charge in [-0.3, -0.25) is 4.79 Å². The Morgan fingerprint density at radius 3 is 2.53 bits per heavy atom. The Morgan fingerprint density at radius 1 is 1.40 bits per heavy atom. The fraction of sp³-hybridized carbons (Fsp3) is 0.900. The monoisotopic (exact) mass is 236 g/mol. The molecule has 0 bridgehead atoms. The number of carbonyl (C=O) groups is 1. The van der Waals surface area contributed by atoms with Crippen molar-refractivity contribution in [2.45, 2.75) is 26.4 Å². The number of carbonyl (C=O) groups excluding carboxylic acids is 1. The third-order valence-electron chi connectivity index (χ3n) is 2.24. The van der Waals surface area contributed by atoms with Crippen molar-refractivity contribution in [1.82, 2.24) is 10.2 Å². The smallest absolute Gasteiger partial charge is 0.224 e. The summed E-state index contributed by atoms with van der Waals surface area (Å²) in [5.41, 5.74) is 0. The standard InChI is InChI=1S/C10H20N2O2.ClH/c1-9(2)14-8-3-10(13)12-6-4-11-5-7-12;/h9,11H,3-8H2,1-2H3;1H. The van der Waals surface area contributed by atoms with Gasteiger partial charge in [-0.2, -0.15) is 0 Å². The van der Waals surface area contributed by atoms with Crippen LogP contribution < -0.4 is 5.32 Å². The van der Waals surface area contributed by atoms with Gasteiger partial charge < -0.3 is 15.0 Å². The van der Waals surface area contributed by atoms with Gasteiger partial charge in [0.1, 0.15) is 0 Å². The number of nitrogens with zero attached hydrogens (tertiary/aromatic N) is 1. The molecule has 1 fully saturated rings. The molecule has 90 valence electrons. The first-order valence-corrected chi connectivity index (χ1v) is 5.30. The van der Waals surface area contributed by atoms with E-state index in [1.54, 1.807) is 0 Å². The van der Waals surface area contributed by atoms with Gasteiger partial charge in [0.25, 0.3) is 0 Å². The predicted molar refractivity (Wildman–Crippen MR) is 62.4 cm³/mol. The van der Waals surface area contributed by atoms with Gasteiger partial charge in [-0.05, 0) is 13.8 Å². The topological polar surface area (TPSA) is 41.6 Å².